The smallest absolute Gasteiger partial charge is 0.344 e. The van der Waals surface area contributed by atoms with E-state index in [-0.39, 0.29) is 23.2 Å². The summed E-state index contributed by atoms with van der Waals surface area (Å²) < 4.78 is 5.88. The first-order valence-electron chi connectivity index (χ1n) is 11.2. The molecule has 0 bridgehead atoms. The molecule has 0 spiro atoms. The van der Waals surface area contributed by atoms with E-state index < -0.39 is 5.97 Å². The van der Waals surface area contributed by atoms with Crippen molar-refractivity contribution in [3.8, 4) is 23.8 Å². The molecule has 4 heteroatoms. The van der Waals surface area contributed by atoms with Gasteiger partial charge in [0.1, 0.15) is 11.5 Å². The second-order valence-electron chi connectivity index (χ2n) is 9.65. The number of terminal acetylenes is 1. The van der Waals surface area contributed by atoms with Crippen molar-refractivity contribution in [3.05, 3.63) is 58.7 Å². The molecule has 2 aromatic rings. The van der Waals surface area contributed by atoms with Gasteiger partial charge in [-0.3, -0.25) is 0 Å². The molecule has 0 saturated heterocycles. The molecular weight excluding hydrogens is 388 g/mol. The number of carbonyl (C=O) groups excluding carboxylic acids is 1. The number of phenolic OH excluding ortho intramolecular Hbond substituents is 1. The number of hydrogen-bond acceptors (Lipinski definition) is 4. The van der Waals surface area contributed by atoms with Crippen LogP contribution in [0.1, 0.15) is 72.0 Å². The monoisotopic (exact) mass is 416 g/mol. The van der Waals surface area contributed by atoms with E-state index in [0.29, 0.717) is 28.7 Å². The summed E-state index contributed by atoms with van der Waals surface area (Å²) in [6.45, 7) is 2.25. The van der Waals surface area contributed by atoms with E-state index in [1.165, 1.54) is 0 Å². The minimum atomic E-state index is -0.500. The summed E-state index contributed by atoms with van der Waals surface area (Å²) in [4.78, 5) is 13.0. The number of aliphatic hydroxyl groups excluding tert-OH is 1. The topological polar surface area (TPSA) is 66.8 Å². The molecule has 0 aromatic heterocycles. The van der Waals surface area contributed by atoms with Gasteiger partial charge in [0.25, 0.3) is 0 Å². The maximum Gasteiger partial charge on any atom is 0.344 e. The number of hydrogen-bond donors (Lipinski definition) is 2. The van der Waals surface area contributed by atoms with E-state index in [1.54, 1.807) is 30.3 Å². The molecule has 5 atom stereocenters. The van der Waals surface area contributed by atoms with Gasteiger partial charge in [-0.1, -0.05) is 25.0 Å². The van der Waals surface area contributed by atoms with Gasteiger partial charge in [0, 0.05) is 17.2 Å². The van der Waals surface area contributed by atoms with Gasteiger partial charge in [-0.05, 0) is 85.5 Å². The highest BCUT2D eigenvalue weighted by atomic mass is 16.5. The third kappa shape index (κ3) is 3.15. The number of fused-ring (bicyclic) bond motifs is 5. The van der Waals surface area contributed by atoms with Crippen molar-refractivity contribution in [3.63, 3.8) is 0 Å². The number of ether oxygens (including phenoxy) is 1. The van der Waals surface area contributed by atoms with Crippen LogP contribution in [0.25, 0.3) is 0 Å². The standard InChI is InChI=1S/C27H28O4/c1-3-16-6-4-5-7-19(16)26(30)31-23-15-18(28)14-17-8-9-20-21(25(17)23)12-13-27(2)22(20)10-11-24(27)29/h1,4-7,14-15,20-22,24,28-29H,8-13H2,2H3/t20-,21-,22-,24-,27-/m0/s1. The van der Waals surface area contributed by atoms with Crippen LogP contribution in [0.2, 0.25) is 0 Å². The minimum Gasteiger partial charge on any atom is -0.508 e. The fraction of sp³-hybridized carbons (Fsp3) is 0.444. The number of benzene rings is 2. The van der Waals surface area contributed by atoms with Crippen LogP contribution in [0.15, 0.2) is 36.4 Å². The zero-order chi connectivity index (χ0) is 21.8. The number of carbonyl (C=O) groups is 1. The second-order valence-corrected chi connectivity index (χ2v) is 9.65. The molecule has 0 unspecified atom stereocenters. The average Bonchev–Trinajstić information content (AvgIpc) is 3.07. The van der Waals surface area contributed by atoms with Crippen LogP contribution in [0.5, 0.6) is 11.5 Å². The third-order valence-electron chi connectivity index (χ3n) is 8.22. The Labute approximate surface area is 183 Å². The Morgan fingerprint density at radius 3 is 2.81 bits per heavy atom. The second kappa shape index (κ2) is 7.43. The lowest BCUT2D eigenvalue weighted by Crippen LogP contribution is -2.44. The minimum absolute atomic E-state index is 0.0157. The fourth-order valence-electron chi connectivity index (χ4n) is 6.67. The van der Waals surface area contributed by atoms with Gasteiger partial charge in [-0.25, -0.2) is 4.79 Å². The van der Waals surface area contributed by atoms with Gasteiger partial charge in [-0.15, -0.1) is 6.42 Å². The predicted molar refractivity (Wildman–Crippen MR) is 118 cm³/mol. The van der Waals surface area contributed by atoms with Crippen molar-refractivity contribution < 1.29 is 19.7 Å². The highest BCUT2D eigenvalue weighted by molar-refractivity contribution is 5.94. The summed E-state index contributed by atoms with van der Waals surface area (Å²) in [6.07, 6.45) is 11.1. The quantitative estimate of drug-likeness (QED) is 0.419. The molecule has 5 rings (SSSR count). The first-order valence-corrected chi connectivity index (χ1v) is 11.2. The maximum atomic E-state index is 13.0. The molecule has 2 fully saturated rings. The number of aliphatic hydroxyl groups is 1. The lowest BCUT2D eigenvalue weighted by atomic mass is 9.55. The summed E-state index contributed by atoms with van der Waals surface area (Å²) in [6, 6.07) is 10.3. The Hall–Kier alpha value is -2.77. The Morgan fingerprint density at radius 1 is 1.19 bits per heavy atom. The Bertz CT molecular complexity index is 1080. The Balaban J connectivity index is 1.52. The Kier molecular flexibility index (Phi) is 4.83. The normalized spacial score (nSPS) is 31.1. The molecule has 2 saturated carbocycles. The van der Waals surface area contributed by atoms with Crippen LogP contribution in [0.3, 0.4) is 0 Å². The van der Waals surface area contributed by atoms with Crippen molar-refractivity contribution in [1.82, 2.24) is 0 Å². The Morgan fingerprint density at radius 2 is 2.00 bits per heavy atom. The molecule has 2 aromatic carbocycles. The summed E-state index contributed by atoms with van der Waals surface area (Å²) in [7, 11) is 0. The molecule has 0 aliphatic heterocycles. The zero-order valence-electron chi connectivity index (χ0n) is 17.8. The molecule has 31 heavy (non-hydrogen) atoms. The molecule has 4 nitrogen and oxygen atoms in total. The average molecular weight is 417 g/mol. The van der Waals surface area contributed by atoms with E-state index in [2.05, 4.69) is 12.8 Å². The van der Waals surface area contributed by atoms with E-state index >= 15 is 0 Å². The van der Waals surface area contributed by atoms with E-state index in [4.69, 9.17) is 11.2 Å². The predicted octanol–water partition coefficient (Wildman–Crippen LogP) is 4.81. The molecular formula is C27H28O4. The number of rotatable bonds is 2. The highest BCUT2D eigenvalue weighted by Gasteiger charge is 2.54. The van der Waals surface area contributed by atoms with Crippen LogP contribution in [0, 0.1) is 29.6 Å². The first kappa shape index (κ1) is 20.2. The van der Waals surface area contributed by atoms with E-state index in [0.717, 1.165) is 49.7 Å². The fourth-order valence-corrected chi connectivity index (χ4v) is 6.67. The summed E-state index contributed by atoms with van der Waals surface area (Å²) in [5, 5.41) is 21.0. The van der Waals surface area contributed by atoms with Gasteiger partial charge < -0.3 is 14.9 Å². The van der Waals surface area contributed by atoms with Gasteiger partial charge >= 0.3 is 5.97 Å². The van der Waals surface area contributed by atoms with Crippen LogP contribution in [-0.4, -0.2) is 22.3 Å². The largest absolute Gasteiger partial charge is 0.508 e. The van der Waals surface area contributed by atoms with Crippen molar-refractivity contribution in [2.45, 2.75) is 57.5 Å². The molecule has 160 valence electrons. The number of aryl methyl sites for hydroxylation is 1. The van der Waals surface area contributed by atoms with Gasteiger partial charge in [0.05, 0.1) is 11.7 Å². The SMILES string of the molecule is C#Cc1ccccc1C(=O)Oc1cc(O)cc2c1[C@H]1CC[C@]3(C)[C@@H](O)CC[C@H]3[C@H]1CC2. The van der Waals surface area contributed by atoms with E-state index in [9.17, 15) is 15.0 Å². The van der Waals surface area contributed by atoms with Crippen molar-refractivity contribution in [2.24, 2.45) is 17.3 Å². The van der Waals surface area contributed by atoms with Crippen LogP contribution in [-0.2, 0) is 6.42 Å². The molecule has 0 amide bonds. The first-order chi connectivity index (χ1) is 14.9. The molecule has 2 N–H and O–H groups in total. The van der Waals surface area contributed by atoms with Crippen LogP contribution in [0.4, 0.5) is 0 Å². The van der Waals surface area contributed by atoms with Gasteiger partial charge in [0.15, 0.2) is 0 Å². The third-order valence-corrected chi connectivity index (χ3v) is 8.22. The van der Waals surface area contributed by atoms with Crippen molar-refractivity contribution in [1.29, 1.82) is 0 Å². The number of aromatic hydroxyl groups is 1. The van der Waals surface area contributed by atoms with Crippen molar-refractivity contribution >= 4 is 5.97 Å². The van der Waals surface area contributed by atoms with E-state index in [1.807, 2.05) is 6.07 Å². The summed E-state index contributed by atoms with van der Waals surface area (Å²) >= 11 is 0. The molecule has 0 heterocycles. The zero-order valence-corrected chi connectivity index (χ0v) is 17.8. The number of phenols is 1. The van der Waals surface area contributed by atoms with Gasteiger partial charge in [0.2, 0.25) is 0 Å². The molecule has 3 aliphatic rings. The maximum absolute atomic E-state index is 13.0. The number of esters is 1. The lowest BCUT2D eigenvalue weighted by Gasteiger charge is -2.50. The molecule has 0 radical (unpaired) electrons. The van der Waals surface area contributed by atoms with Crippen LogP contribution >= 0.6 is 0 Å². The van der Waals surface area contributed by atoms with Gasteiger partial charge in [-0.2, -0.15) is 0 Å². The molecule has 3 aliphatic carbocycles. The summed E-state index contributed by atoms with van der Waals surface area (Å²) in [5.74, 6) is 3.82. The van der Waals surface area contributed by atoms with Crippen molar-refractivity contribution in [2.75, 3.05) is 0 Å². The lowest BCUT2D eigenvalue weighted by molar-refractivity contribution is -0.0229. The highest BCUT2D eigenvalue weighted by Crippen LogP contribution is 2.62. The summed E-state index contributed by atoms with van der Waals surface area (Å²) in [5.41, 5.74) is 2.95. The van der Waals surface area contributed by atoms with Crippen LogP contribution < -0.4 is 4.74 Å².